The highest BCUT2D eigenvalue weighted by Crippen LogP contribution is 2.24. The number of carbonyl (C=O) groups excluding carboxylic acids is 1. The minimum absolute atomic E-state index is 0.00325. The maximum Gasteiger partial charge on any atom is 0.278 e. The van der Waals surface area contributed by atoms with Crippen molar-refractivity contribution < 1.29 is 14.3 Å². The number of rotatable bonds is 4. The van der Waals surface area contributed by atoms with E-state index in [9.17, 15) is 4.79 Å². The molecule has 7 heteroatoms. The van der Waals surface area contributed by atoms with Crippen molar-refractivity contribution in [3.63, 3.8) is 0 Å². The number of methoxy groups -OCH3 is 1. The summed E-state index contributed by atoms with van der Waals surface area (Å²) in [6.07, 6.45) is 3.73. The highest BCUT2D eigenvalue weighted by Gasteiger charge is 2.29. The van der Waals surface area contributed by atoms with E-state index >= 15 is 0 Å². The summed E-state index contributed by atoms with van der Waals surface area (Å²) in [6.45, 7) is 1.17. The van der Waals surface area contributed by atoms with Crippen molar-refractivity contribution in [1.29, 1.82) is 0 Å². The number of aromatic nitrogens is 2. The number of ether oxygens (including phenoxy) is 2. The van der Waals surface area contributed by atoms with Gasteiger partial charge >= 0.3 is 0 Å². The van der Waals surface area contributed by atoms with Crippen LogP contribution in [0.1, 0.15) is 16.8 Å². The summed E-state index contributed by atoms with van der Waals surface area (Å²) in [5, 5.41) is 0. The van der Waals surface area contributed by atoms with Gasteiger partial charge in [-0.25, -0.2) is 9.97 Å². The number of halogens is 1. The summed E-state index contributed by atoms with van der Waals surface area (Å²) in [5.74, 6) is 0.713. The summed E-state index contributed by atoms with van der Waals surface area (Å²) in [7, 11) is 1.52. The maximum absolute atomic E-state index is 12.5. The molecule has 0 radical (unpaired) electrons. The first kappa shape index (κ1) is 15.7. The average molecular weight is 378 g/mol. The molecule has 1 unspecified atom stereocenters. The number of hydrogen-bond acceptors (Lipinski definition) is 5. The molecule has 0 N–H and O–H groups in total. The molecule has 120 valence electrons. The molecule has 0 spiro atoms. The lowest BCUT2D eigenvalue weighted by Gasteiger charge is -2.17. The highest BCUT2D eigenvalue weighted by atomic mass is 79.9. The third-order valence-electron chi connectivity index (χ3n) is 3.61. The van der Waals surface area contributed by atoms with E-state index < -0.39 is 0 Å². The lowest BCUT2D eigenvalue weighted by molar-refractivity contribution is 0.0770. The first-order chi connectivity index (χ1) is 11.2. The lowest BCUT2D eigenvalue weighted by atomic mass is 10.2. The van der Waals surface area contributed by atoms with Crippen LogP contribution in [0.25, 0.3) is 0 Å². The summed E-state index contributed by atoms with van der Waals surface area (Å²) < 4.78 is 11.9. The Bertz CT molecular complexity index is 710. The predicted molar refractivity (Wildman–Crippen MR) is 87.7 cm³/mol. The van der Waals surface area contributed by atoms with Gasteiger partial charge in [-0.1, -0.05) is 22.0 Å². The Morgan fingerprint density at radius 3 is 2.83 bits per heavy atom. The second-order valence-electron chi connectivity index (χ2n) is 5.16. The van der Waals surface area contributed by atoms with Crippen LogP contribution < -0.4 is 9.47 Å². The van der Waals surface area contributed by atoms with E-state index in [1.54, 1.807) is 17.3 Å². The molecule has 3 rings (SSSR count). The molecular weight excluding hydrogens is 362 g/mol. The molecule has 23 heavy (non-hydrogen) atoms. The Kier molecular flexibility index (Phi) is 4.76. The second-order valence-corrected chi connectivity index (χ2v) is 6.08. The lowest BCUT2D eigenvalue weighted by Crippen LogP contribution is -2.31. The molecule has 0 bridgehead atoms. The summed E-state index contributed by atoms with van der Waals surface area (Å²) in [6, 6.07) is 7.38. The van der Waals surface area contributed by atoms with E-state index in [4.69, 9.17) is 9.47 Å². The third-order valence-corrected chi connectivity index (χ3v) is 4.10. The number of nitrogens with zero attached hydrogens (tertiary/aromatic N) is 3. The molecule has 1 atom stereocenters. The van der Waals surface area contributed by atoms with Crippen LogP contribution in [-0.2, 0) is 0 Å². The van der Waals surface area contributed by atoms with Crippen LogP contribution >= 0.6 is 15.9 Å². The van der Waals surface area contributed by atoms with Crippen molar-refractivity contribution in [3.05, 3.63) is 46.7 Å². The smallest absolute Gasteiger partial charge is 0.278 e. The van der Waals surface area contributed by atoms with Gasteiger partial charge in [0.05, 0.1) is 13.7 Å². The molecule has 2 aromatic rings. The SMILES string of the molecule is COc1nccnc1OC1CCN(C(=O)c2cccc(Br)c2)C1. The van der Waals surface area contributed by atoms with Gasteiger partial charge < -0.3 is 14.4 Å². The zero-order chi connectivity index (χ0) is 16.2. The van der Waals surface area contributed by atoms with E-state index in [1.165, 1.54) is 7.11 Å². The minimum atomic E-state index is -0.114. The number of hydrogen-bond donors (Lipinski definition) is 0. The van der Waals surface area contributed by atoms with Crippen molar-refractivity contribution in [3.8, 4) is 11.8 Å². The molecule has 6 nitrogen and oxygen atoms in total. The van der Waals surface area contributed by atoms with Crippen LogP contribution in [0.3, 0.4) is 0 Å². The standard InChI is InChI=1S/C16H16BrN3O3/c1-22-14-15(19-7-6-18-14)23-13-5-8-20(10-13)16(21)11-3-2-4-12(17)9-11/h2-4,6-7,9,13H,5,8,10H2,1H3. The molecule has 1 fully saturated rings. The van der Waals surface area contributed by atoms with Crippen LogP contribution in [0.5, 0.6) is 11.8 Å². The molecule has 0 aliphatic carbocycles. The van der Waals surface area contributed by atoms with Crippen LogP contribution in [-0.4, -0.2) is 47.1 Å². The zero-order valence-corrected chi connectivity index (χ0v) is 14.2. The third kappa shape index (κ3) is 3.61. The second kappa shape index (κ2) is 6.95. The van der Waals surface area contributed by atoms with Gasteiger partial charge in [-0.2, -0.15) is 0 Å². The number of benzene rings is 1. The molecular formula is C16H16BrN3O3. The van der Waals surface area contributed by atoms with Gasteiger partial charge in [-0.15, -0.1) is 0 Å². The largest absolute Gasteiger partial charge is 0.477 e. The summed E-state index contributed by atoms with van der Waals surface area (Å²) >= 11 is 3.39. The predicted octanol–water partition coefficient (Wildman–Crippen LogP) is 2.54. The number of carbonyl (C=O) groups is 1. The Morgan fingerprint density at radius 1 is 1.30 bits per heavy atom. The van der Waals surface area contributed by atoms with E-state index in [2.05, 4.69) is 25.9 Å². The van der Waals surface area contributed by atoms with Gasteiger partial charge in [0.2, 0.25) is 0 Å². The molecule has 0 saturated carbocycles. The van der Waals surface area contributed by atoms with Crippen molar-refractivity contribution >= 4 is 21.8 Å². The molecule has 1 aromatic heterocycles. The van der Waals surface area contributed by atoms with E-state index in [0.717, 1.165) is 10.9 Å². The fourth-order valence-corrected chi connectivity index (χ4v) is 2.90. The molecule has 1 aromatic carbocycles. The molecule has 1 saturated heterocycles. The van der Waals surface area contributed by atoms with Crippen molar-refractivity contribution in [1.82, 2.24) is 14.9 Å². The molecule has 1 aliphatic rings. The minimum Gasteiger partial charge on any atom is -0.477 e. The Hall–Kier alpha value is -2.15. The monoisotopic (exact) mass is 377 g/mol. The molecule has 1 aliphatic heterocycles. The fraction of sp³-hybridized carbons (Fsp3) is 0.312. The van der Waals surface area contributed by atoms with Crippen LogP contribution in [0.4, 0.5) is 0 Å². The normalized spacial score (nSPS) is 17.1. The summed E-state index contributed by atoms with van der Waals surface area (Å²) in [4.78, 5) is 22.5. The van der Waals surface area contributed by atoms with E-state index in [0.29, 0.717) is 30.4 Å². The maximum atomic E-state index is 12.5. The van der Waals surface area contributed by atoms with Gasteiger partial charge in [-0.3, -0.25) is 4.79 Å². The topological polar surface area (TPSA) is 64.6 Å². The molecule has 1 amide bonds. The van der Waals surface area contributed by atoms with E-state index in [1.807, 2.05) is 24.3 Å². The Labute approximate surface area is 142 Å². The van der Waals surface area contributed by atoms with Gasteiger partial charge in [0, 0.05) is 35.4 Å². The first-order valence-electron chi connectivity index (χ1n) is 7.24. The number of likely N-dealkylation sites (tertiary alicyclic amines) is 1. The fourth-order valence-electron chi connectivity index (χ4n) is 2.50. The van der Waals surface area contributed by atoms with E-state index in [-0.39, 0.29) is 12.0 Å². The highest BCUT2D eigenvalue weighted by molar-refractivity contribution is 9.10. The number of amides is 1. The zero-order valence-electron chi connectivity index (χ0n) is 12.6. The van der Waals surface area contributed by atoms with Gasteiger partial charge in [0.15, 0.2) is 0 Å². The van der Waals surface area contributed by atoms with Crippen molar-refractivity contribution in [2.75, 3.05) is 20.2 Å². The van der Waals surface area contributed by atoms with Crippen LogP contribution in [0.2, 0.25) is 0 Å². The average Bonchev–Trinajstić information content (AvgIpc) is 3.03. The van der Waals surface area contributed by atoms with Gasteiger partial charge in [0.1, 0.15) is 6.10 Å². The van der Waals surface area contributed by atoms with Gasteiger partial charge in [-0.05, 0) is 18.2 Å². The summed E-state index contributed by atoms with van der Waals surface area (Å²) in [5.41, 5.74) is 0.664. The van der Waals surface area contributed by atoms with Crippen LogP contribution in [0.15, 0.2) is 41.1 Å². The van der Waals surface area contributed by atoms with Crippen molar-refractivity contribution in [2.45, 2.75) is 12.5 Å². The van der Waals surface area contributed by atoms with Crippen LogP contribution in [0, 0.1) is 0 Å². The van der Waals surface area contributed by atoms with Crippen molar-refractivity contribution in [2.24, 2.45) is 0 Å². The van der Waals surface area contributed by atoms with Gasteiger partial charge in [0.25, 0.3) is 17.7 Å². The Balaban J connectivity index is 1.65. The quantitative estimate of drug-likeness (QED) is 0.818. The molecule has 2 heterocycles. The Morgan fingerprint density at radius 2 is 2.09 bits per heavy atom. The first-order valence-corrected chi connectivity index (χ1v) is 8.03.